The first-order chi connectivity index (χ1) is 8.90. The summed E-state index contributed by atoms with van der Waals surface area (Å²) in [6.45, 7) is 2.65. The molecule has 1 heterocycles. The van der Waals surface area contributed by atoms with Gasteiger partial charge in [-0.15, -0.1) is 0 Å². The van der Waals surface area contributed by atoms with Crippen LogP contribution in [0.5, 0.6) is 0 Å². The lowest BCUT2D eigenvalue weighted by Gasteiger charge is -2.23. The van der Waals surface area contributed by atoms with E-state index in [1.165, 1.54) is 5.56 Å². The van der Waals surface area contributed by atoms with Crippen LogP contribution < -0.4 is 0 Å². The van der Waals surface area contributed by atoms with E-state index in [1.54, 1.807) is 0 Å². The van der Waals surface area contributed by atoms with Crippen molar-refractivity contribution >= 4 is 0 Å². The standard InChI is InChI=1S/C14H20O4/c15-7-11-16-10-6-12-2-4-13(5-3-12)14-17-8-1-9-18-14/h2-5,14-15H,1,6-11H2. The third-order valence-electron chi connectivity index (χ3n) is 2.85. The molecule has 1 aliphatic heterocycles. The molecule has 1 aliphatic rings. The van der Waals surface area contributed by atoms with Crippen LogP contribution in [-0.2, 0) is 20.6 Å². The predicted octanol–water partition coefficient (Wildman–Crippen LogP) is 1.67. The molecule has 0 radical (unpaired) electrons. The molecule has 2 rings (SSSR count). The van der Waals surface area contributed by atoms with Crippen LogP contribution in [0, 0.1) is 0 Å². The molecule has 0 spiro atoms. The fraction of sp³-hybridized carbons (Fsp3) is 0.571. The van der Waals surface area contributed by atoms with Crippen molar-refractivity contribution in [1.29, 1.82) is 0 Å². The Balaban J connectivity index is 1.81. The summed E-state index contributed by atoms with van der Waals surface area (Å²) in [7, 11) is 0. The number of benzene rings is 1. The van der Waals surface area contributed by atoms with Gasteiger partial charge < -0.3 is 19.3 Å². The number of hydrogen-bond donors (Lipinski definition) is 1. The molecule has 0 amide bonds. The van der Waals surface area contributed by atoms with Crippen molar-refractivity contribution in [1.82, 2.24) is 0 Å². The second-order valence-corrected chi connectivity index (χ2v) is 4.25. The average Bonchev–Trinajstić information content (AvgIpc) is 2.45. The largest absolute Gasteiger partial charge is 0.394 e. The van der Waals surface area contributed by atoms with Gasteiger partial charge in [-0.2, -0.15) is 0 Å². The van der Waals surface area contributed by atoms with Gasteiger partial charge in [-0.3, -0.25) is 0 Å². The highest BCUT2D eigenvalue weighted by molar-refractivity contribution is 5.23. The van der Waals surface area contributed by atoms with Gasteiger partial charge in [-0.25, -0.2) is 0 Å². The molecule has 1 saturated heterocycles. The van der Waals surface area contributed by atoms with Gasteiger partial charge in [0.15, 0.2) is 6.29 Å². The highest BCUT2D eigenvalue weighted by atomic mass is 16.7. The topological polar surface area (TPSA) is 47.9 Å². The highest BCUT2D eigenvalue weighted by Gasteiger charge is 2.15. The van der Waals surface area contributed by atoms with Crippen LogP contribution >= 0.6 is 0 Å². The molecule has 1 aromatic carbocycles. The Morgan fingerprint density at radius 3 is 2.50 bits per heavy atom. The third-order valence-corrected chi connectivity index (χ3v) is 2.85. The van der Waals surface area contributed by atoms with Crippen LogP contribution in [-0.4, -0.2) is 38.1 Å². The van der Waals surface area contributed by atoms with E-state index in [2.05, 4.69) is 12.1 Å². The van der Waals surface area contributed by atoms with E-state index in [4.69, 9.17) is 19.3 Å². The monoisotopic (exact) mass is 252 g/mol. The molecule has 0 bridgehead atoms. The zero-order valence-corrected chi connectivity index (χ0v) is 10.5. The van der Waals surface area contributed by atoms with Gasteiger partial charge in [0, 0.05) is 5.56 Å². The minimum Gasteiger partial charge on any atom is -0.394 e. The van der Waals surface area contributed by atoms with E-state index < -0.39 is 0 Å². The van der Waals surface area contributed by atoms with Crippen LogP contribution in [0.1, 0.15) is 23.8 Å². The lowest BCUT2D eigenvalue weighted by molar-refractivity contribution is -0.183. The second kappa shape index (κ2) is 7.48. The maximum absolute atomic E-state index is 8.59. The van der Waals surface area contributed by atoms with Crippen molar-refractivity contribution in [3.05, 3.63) is 35.4 Å². The number of ether oxygens (including phenoxy) is 3. The molecule has 0 saturated carbocycles. The highest BCUT2D eigenvalue weighted by Crippen LogP contribution is 2.22. The maximum atomic E-state index is 8.59. The molecule has 0 unspecified atom stereocenters. The van der Waals surface area contributed by atoms with Gasteiger partial charge in [-0.1, -0.05) is 24.3 Å². The van der Waals surface area contributed by atoms with E-state index in [9.17, 15) is 0 Å². The first-order valence-corrected chi connectivity index (χ1v) is 6.41. The van der Waals surface area contributed by atoms with Gasteiger partial charge in [0.25, 0.3) is 0 Å². The normalized spacial score (nSPS) is 16.9. The summed E-state index contributed by atoms with van der Waals surface area (Å²) in [5, 5.41) is 8.59. The maximum Gasteiger partial charge on any atom is 0.183 e. The number of aliphatic hydroxyl groups excluding tert-OH is 1. The SMILES string of the molecule is OCCOCCc1ccc(C2OCCCO2)cc1. The fourth-order valence-electron chi connectivity index (χ4n) is 1.88. The summed E-state index contributed by atoms with van der Waals surface area (Å²) in [4.78, 5) is 0. The molecule has 100 valence electrons. The summed E-state index contributed by atoms with van der Waals surface area (Å²) in [5.74, 6) is 0. The zero-order chi connectivity index (χ0) is 12.6. The van der Waals surface area contributed by atoms with Crippen molar-refractivity contribution in [2.75, 3.05) is 33.0 Å². The van der Waals surface area contributed by atoms with Gasteiger partial charge in [0.1, 0.15) is 0 Å². The Labute approximate surface area is 107 Å². The van der Waals surface area contributed by atoms with E-state index in [0.29, 0.717) is 13.2 Å². The second-order valence-electron chi connectivity index (χ2n) is 4.25. The lowest BCUT2D eigenvalue weighted by Crippen LogP contribution is -2.17. The minimum atomic E-state index is -0.210. The van der Waals surface area contributed by atoms with Gasteiger partial charge in [0.2, 0.25) is 0 Å². The summed E-state index contributed by atoms with van der Waals surface area (Å²) in [5.41, 5.74) is 2.28. The van der Waals surface area contributed by atoms with Crippen molar-refractivity contribution in [3.8, 4) is 0 Å². The third kappa shape index (κ3) is 4.07. The Hall–Kier alpha value is -0.940. The number of hydrogen-bond acceptors (Lipinski definition) is 4. The lowest BCUT2D eigenvalue weighted by atomic mass is 10.1. The van der Waals surface area contributed by atoms with Crippen LogP contribution in [0.25, 0.3) is 0 Å². The van der Waals surface area contributed by atoms with Gasteiger partial charge >= 0.3 is 0 Å². The molecule has 1 fully saturated rings. The van der Waals surface area contributed by atoms with Crippen molar-refractivity contribution in [2.24, 2.45) is 0 Å². The van der Waals surface area contributed by atoms with Crippen LogP contribution in [0.3, 0.4) is 0 Å². The summed E-state index contributed by atoms with van der Waals surface area (Å²) in [6, 6.07) is 8.21. The van der Waals surface area contributed by atoms with Crippen molar-refractivity contribution < 1.29 is 19.3 Å². The van der Waals surface area contributed by atoms with Gasteiger partial charge in [-0.05, 0) is 18.4 Å². The van der Waals surface area contributed by atoms with Crippen molar-refractivity contribution in [3.63, 3.8) is 0 Å². The van der Waals surface area contributed by atoms with E-state index in [0.717, 1.165) is 31.6 Å². The van der Waals surface area contributed by atoms with Crippen LogP contribution in [0.2, 0.25) is 0 Å². The van der Waals surface area contributed by atoms with Crippen LogP contribution in [0.4, 0.5) is 0 Å². The molecular weight excluding hydrogens is 232 g/mol. The van der Waals surface area contributed by atoms with E-state index in [-0.39, 0.29) is 12.9 Å². The minimum absolute atomic E-state index is 0.0787. The number of aliphatic hydroxyl groups is 1. The molecule has 0 aromatic heterocycles. The molecule has 18 heavy (non-hydrogen) atoms. The van der Waals surface area contributed by atoms with E-state index >= 15 is 0 Å². The molecule has 1 N–H and O–H groups in total. The molecule has 4 heteroatoms. The Morgan fingerprint density at radius 2 is 1.83 bits per heavy atom. The predicted molar refractivity (Wildman–Crippen MR) is 67.3 cm³/mol. The summed E-state index contributed by atoms with van der Waals surface area (Å²) < 4.78 is 16.3. The van der Waals surface area contributed by atoms with E-state index in [1.807, 2.05) is 12.1 Å². The quantitative estimate of drug-likeness (QED) is 0.782. The Kier molecular flexibility index (Phi) is 5.61. The average molecular weight is 252 g/mol. The molecule has 1 aromatic rings. The zero-order valence-electron chi connectivity index (χ0n) is 10.5. The van der Waals surface area contributed by atoms with Crippen LogP contribution in [0.15, 0.2) is 24.3 Å². The summed E-state index contributed by atoms with van der Waals surface area (Å²) in [6.07, 6.45) is 1.61. The number of rotatable bonds is 6. The molecular formula is C14H20O4. The smallest absolute Gasteiger partial charge is 0.183 e. The Bertz CT molecular complexity index is 330. The van der Waals surface area contributed by atoms with Crippen molar-refractivity contribution in [2.45, 2.75) is 19.1 Å². The van der Waals surface area contributed by atoms with Gasteiger partial charge in [0.05, 0.1) is 33.0 Å². The molecule has 0 aliphatic carbocycles. The molecule has 4 nitrogen and oxygen atoms in total. The summed E-state index contributed by atoms with van der Waals surface area (Å²) >= 11 is 0. The Morgan fingerprint density at radius 1 is 1.11 bits per heavy atom. The molecule has 0 atom stereocenters. The fourth-order valence-corrected chi connectivity index (χ4v) is 1.88. The first-order valence-electron chi connectivity index (χ1n) is 6.41. The first kappa shape index (κ1) is 13.5.